The molecular weight excluding hydrogens is 338 g/mol. The quantitative estimate of drug-likeness (QED) is 0.778. The standard InChI is InChI=1S/C22H21N3O2/c1-14(16-8-9-19-18(11-16)13-21(27)25(19)2)24-20(26)12-17-6-3-5-15-7-4-10-23-22(15)17/h3-11,14H,12-13H2,1-2H3,(H,24,26). The van der Waals surface area contributed by atoms with Crippen LogP contribution in [0.1, 0.15) is 29.7 Å². The maximum absolute atomic E-state index is 12.6. The number of pyridine rings is 1. The molecule has 0 fully saturated rings. The zero-order chi connectivity index (χ0) is 19.0. The number of nitrogens with one attached hydrogen (secondary N) is 1. The van der Waals surface area contributed by atoms with E-state index in [0.717, 1.165) is 33.3 Å². The highest BCUT2D eigenvalue weighted by atomic mass is 16.2. The lowest BCUT2D eigenvalue weighted by Crippen LogP contribution is -2.28. The lowest BCUT2D eigenvalue weighted by atomic mass is 10.0. The van der Waals surface area contributed by atoms with E-state index in [0.29, 0.717) is 6.42 Å². The number of carbonyl (C=O) groups is 2. The Kier molecular flexibility index (Phi) is 4.36. The second kappa shape index (κ2) is 6.83. The van der Waals surface area contributed by atoms with Crippen LogP contribution in [-0.2, 0) is 22.4 Å². The molecule has 136 valence electrons. The van der Waals surface area contributed by atoms with E-state index < -0.39 is 0 Å². The summed E-state index contributed by atoms with van der Waals surface area (Å²) in [7, 11) is 1.79. The number of benzene rings is 2. The summed E-state index contributed by atoms with van der Waals surface area (Å²) in [6.45, 7) is 1.96. The second-order valence-electron chi connectivity index (χ2n) is 6.98. The second-order valence-corrected chi connectivity index (χ2v) is 6.98. The van der Waals surface area contributed by atoms with Crippen molar-refractivity contribution in [1.82, 2.24) is 10.3 Å². The smallest absolute Gasteiger partial charge is 0.231 e. The minimum absolute atomic E-state index is 0.0469. The SMILES string of the molecule is CC(NC(=O)Cc1cccc2cccnc12)c1ccc2c(c1)CC(=O)N2C. The highest BCUT2D eigenvalue weighted by Gasteiger charge is 2.24. The fourth-order valence-corrected chi connectivity index (χ4v) is 3.62. The third-order valence-corrected chi connectivity index (χ3v) is 5.13. The molecule has 3 aromatic rings. The Labute approximate surface area is 158 Å². The van der Waals surface area contributed by atoms with E-state index >= 15 is 0 Å². The highest BCUT2D eigenvalue weighted by Crippen LogP contribution is 2.30. The Hall–Kier alpha value is -3.21. The van der Waals surface area contributed by atoms with Gasteiger partial charge in [-0.15, -0.1) is 0 Å². The van der Waals surface area contributed by atoms with Crippen LogP contribution in [0.15, 0.2) is 54.7 Å². The molecule has 2 aromatic carbocycles. The molecule has 2 amide bonds. The van der Waals surface area contributed by atoms with Gasteiger partial charge in [-0.25, -0.2) is 0 Å². The number of fused-ring (bicyclic) bond motifs is 2. The molecule has 5 heteroatoms. The third kappa shape index (κ3) is 3.28. The first-order valence-electron chi connectivity index (χ1n) is 9.04. The molecule has 1 aromatic heterocycles. The van der Waals surface area contributed by atoms with Crippen molar-refractivity contribution in [3.8, 4) is 0 Å². The Morgan fingerprint density at radius 2 is 2.04 bits per heavy atom. The molecule has 4 rings (SSSR count). The minimum Gasteiger partial charge on any atom is -0.349 e. The van der Waals surface area contributed by atoms with Gasteiger partial charge in [-0.05, 0) is 35.7 Å². The molecule has 0 radical (unpaired) electrons. The average molecular weight is 359 g/mol. The van der Waals surface area contributed by atoms with Crippen molar-refractivity contribution in [1.29, 1.82) is 0 Å². The van der Waals surface area contributed by atoms with E-state index in [-0.39, 0.29) is 24.3 Å². The summed E-state index contributed by atoms with van der Waals surface area (Å²) in [6, 6.07) is 15.6. The lowest BCUT2D eigenvalue weighted by molar-refractivity contribution is -0.121. The van der Waals surface area contributed by atoms with Crippen molar-refractivity contribution in [3.05, 3.63) is 71.4 Å². The Morgan fingerprint density at radius 1 is 1.22 bits per heavy atom. The van der Waals surface area contributed by atoms with Crippen molar-refractivity contribution in [2.75, 3.05) is 11.9 Å². The van der Waals surface area contributed by atoms with Gasteiger partial charge in [0.2, 0.25) is 11.8 Å². The molecule has 1 unspecified atom stereocenters. The first-order valence-corrected chi connectivity index (χ1v) is 9.04. The van der Waals surface area contributed by atoms with E-state index in [1.165, 1.54) is 0 Å². The Morgan fingerprint density at radius 3 is 2.89 bits per heavy atom. The summed E-state index contributed by atoms with van der Waals surface area (Å²) in [5.41, 5.74) is 4.74. The Bertz CT molecular complexity index is 1040. The third-order valence-electron chi connectivity index (χ3n) is 5.13. The summed E-state index contributed by atoms with van der Waals surface area (Å²) >= 11 is 0. The van der Waals surface area contributed by atoms with Crippen LogP contribution in [0.5, 0.6) is 0 Å². The molecule has 2 heterocycles. The van der Waals surface area contributed by atoms with Crippen molar-refractivity contribution in [3.63, 3.8) is 0 Å². The largest absolute Gasteiger partial charge is 0.349 e. The minimum atomic E-state index is -0.133. The summed E-state index contributed by atoms with van der Waals surface area (Å²) in [5.74, 6) is 0.0524. The first kappa shape index (κ1) is 17.2. The zero-order valence-electron chi connectivity index (χ0n) is 15.4. The van der Waals surface area contributed by atoms with E-state index in [1.54, 1.807) is 18.1 Å². The number of carbonyl (C=O) groups excluding carboxylic acids is 2. The number of amides is 2. The van der Waals surface area contributed by atoms with Crippen LogP contribution in [0.2, 0.25) is 0 Å². The van der Waals surface area contributed by atoms with Crippen molar-refractivity contribution >= 4 is 28.4 Å². The molecular formula is C22H21N3O2. The predicted molar refractivity (Wildman–Crippen MR) is 106 cm³/mol. The maximum Gasteiger partial charge on any atom is 0.231 e. The predicted octanol–water partition coefficient (Wildman–Crippen LogP) is 3.17. The van der Waals surface area contributed by atoms with E-state index in [1.807, 2.05) is 55.5 Å². The van der Waals surface area contributed by atoms with E-state index in [9.17, 15) is 9.59 Å². The van der Waals surface area contributed by atoms with Crippen molar-refractivity contribution < 1.29 is 9.59 Å². The fourth-order valence-electron chi connectivity index (χ4n) is 3.62. The molecule has 5 nitrogen and oxygen atoms in total. The van der Waals surface area contributed by atoms with E-state index in [4.69, 9.17) is 0 Å². The van der Waals surface area contributed by atoms with Crippen LogP contribution in [0.4, 0.5) is 5.69 Å². The van der Waals surface area contributed by atoms with Gasteiger partial charge in [-0.3, -0.25) is 14.6 Å². The molecule has 0 aliphatic carbocycles. The van der Waals surface area contributed by atoms with Crippen LogP contribution in [0.25, 0.3) is 10.9 Å². The van der Waals surface area contributed by atoms with Gasteiger partial charge in [0.15, 0.2) is 0 Å². The molecule has 1 aliphatic rings. The molecule has 1 aliphatic heterocycles. The lowest BCUT2D eigenvalue weighted by Gasteiger charge is -2.17. The van der Waals surface area contributed by atoms with Crippen LogP contribution < -0.4 is 10.2 Å². The molecule has 0 spiro atoms. The van der Waals surface area contributed by atoms with Gasteiger partial charge in [0.1, 0.15) is 0 Å². The summed E-state index contributed by atoms with van der Waals surface area (Å²) < 4.78 is 0. The van der Waals surface area contributed by atoms with Crippen LogP contribution in [0.3, 0.4) is 0 Å². The van der Waals surface area contributed by atoms with Gasteiger partial charge < -0.3 is 10.2 Å². The van der Waals surface area contributed by atoms with Gasteiger partial charge in [0.25, 0.3) is 0 Å². The molecule has 1 N–H and O–H groups in total. The number of para-hydroxylation sites is 1. The molecule has 0 saturated heterocycles. The van der Waals surface area contributed by atoms with Gasteiger partial charge in [-0.1, -0.05) is 36.4 Å². The number of likely N-dealkylation sites (N-methyl/N-ethyl adjacent to an activating group) is 1. The summed E-state index contributed by atoms with van der Waals surface area (Å²) in [4.78, 5) is 30.5. The summed E-state index contributed by atoms with van der Waals surface area (Å²) in [5, 5.41) is 4.09. The summed E-state index contributed by atoms with van der Waals surface area (Å²) in [6.07, 6.45) is 2.45. The van der Waals surface area contributed by atoms with Crippen LogP contribution in [-0.4, -0.2) is 23.8 Å². The monoisotopic (exact) mass is 359 g/mol. The maximum atomic E-state index is 12.6. The Balaban J connectivity index is 1.48. The van der Waals surface area contributed by atoms with Gasteiger partial charge >= 0.3 is 0 Å². The normalized spacial score (nSPS) is 14.3. The average Bonchev–Trinajstić information content (AvgIpc) is 2.95. The molecule has 27 heavy (non-hydrogen) atoms. The highest BCUT2D eigenvalue weighted by molar-refractivity contribution is 6.01. The van der Waals surface area contributed by atoms with Crippen LogP contribution in [0, 0.1) is 0 Å². The van der Waals surface area contributed by atoms with E-state index in [2.05, 4.69) is 10.3 Å². The number of anilines is 1. The number of nitrogens with zero attached hydrogens (tertiary/aromatic N) is 2. The molecule has 1 atom stereocenters. The zero-order valence-corrected chi connectivity index (χ0v) is 15.4. The molecule has 0 bridgehead atoms. The first-order chi connectivity index (χ1) is 13.0. The number of rotatable bonds is 4. The fraction of sp³-hybridized carbons (Fsp3) is 0.227. The number of aromatic nitrogens is 1. The van der Waals surface area contributed by atoms with Gasteiger partial charge in [-0.2, -0.15) is 0 Å². The number of hydrogen-bond donors (Lipinski definition) is 1. The van der Waals surface area contributed by atoms with Crippen molar-refractivity contribution in [2.45, 2.75) is 25.8 Å². The van der Waals surface area contributed by atoms with Gasteiger partial charge in [0, 0.05) is 24.3 Å². The number of hydrogen-bond acceptors (Lipinski definition) is 3. The topological polar surface area (TPSA) is 62.3 Å². The van der Waals surface area contributed by atoms with Crippen LogP contribution >= 0.6 is 0 Å². The van der Waals surface area contributed by atoms with Gasteiger partial charge in [0.05, 0.1) is 24.4 Å². The molecule has 0 saturated carbocycles. The van der Waals surface area contributed by atoms with Crippen molar-refractivity contribution in [2.24, 2.45) is 0 Å².